The van der Waals surface area contributed by atoms with Crippen LogP contribution in [0.4, 0.5) is 0 Å². The number of aryl methyl sites for hydroxylation is 1. The van der Waals surface area contributed by atoms with Crippen molar-refractivity contribution in [2.75, 3.05) is 5.75 Å². The molecule has 3 N–H and O–H groups in total. The van der Waals surface area contributed by atoms with E-state index in [2.05, 4.69) is 27.2 Å². The third-order valence-electron chi connectivity index (χ3n) is 9.95. The third kappa shape index (κ3) is 10.4. The highest BCUT2D eigenvalue weighted by Gasteiger charge is 2.42. The molecule has 1 saturated heterocycles. The number of aliphatic hydroxyl groups is 1. The lowest BCUT2D eigenvalue weighted by molar-refractivity contribution is -0.255. The Kier molecular flexibility index (Phi) is 13.3. The molecule has 292 valence electrons. The quantitative estimate of drug-likeness (QED) is 0.0899. The molecule has 1 aliphatic rings. The van der Waals surface area contributed by atoms with Crippen molar-refractivity contribution in [3.05, 3.63) is 197 Å². The molecule has 9 nitrogen and oxygen atoms in total. The minimum atomic E-state index is -3.97. The van der Waals surface area contributed by atoms with Crippen molar-refractivity contribution in [3.63, 3.8) is 0 Å². The lowest BCUT2D eigenvalue weighted by Crippen LogP contribution is -2.47. The van der Waals surface area contributed by atoms with Crippen LogP contribution in [0.2, 0.25) is 0 Å². The minimum absolute atomic E-state index is 0.0491. The summed E-state index contributed by atoms with van der Waals surface area (Å²) >= 11 is 1.63. The van der Waals surface area contributed by atoms with Gasteiger partial charge in [0, 0.05) is 30.0 Å². The van der Waals surface area contributed by atoms with Gasteiger partial charge in [-0.3, -0.25) is 4.79 Å². The van der Waals surface area contributed by atoms with E-state index in [4.69, 9.17) is 9.47 Å². The van der Waals surface area contributed by atoms with Crippen LogP contribution in [0.25, 0.3) is 0 Å². The second-order valence-corrected chi connectivity index (χ2v) is 16.8. The molecule has 5 unspecified atom stereocenters. The molecule has 1 amide bonds. The highest BCUT2D eigenvalue weighted by Crippen LogP contribution is 2.48. The molecule has 0 aliphatic carbocycles. The van der Waals surface area contributed by atoms with Crippen molar-refractivity contribution in [1.82, 2.24) is 15.0 Å². The van der Waals surface area contributed by atoms with Gasteiger partial charge in [0.25, 0.3) is 0 Å². The van der Waals surface area contributed by atoms with Gasteiger partial charge in [0.2, 0.25) is 15.9 Å². The largest absolute Gasteiger partial charge is 0.392 e. The van der Waals surface area contributed by atoms with Crippen molar-refractivity contribution >= 4 is 27.7 Å². The zero-order valence-corrected chi connectivity index (χ0v) is 33.1. The number of thioether (sulfide) groups is 1. The highest BCUT2D eigenvalue weighted by molar-refractivity contribution is 7.99. The fourth-order valence-electron chi connectivity index (χ4n) is 6.87. The molecule has 0 spiro atoms. The number of aliphatic hydroxyl groups excluding tert-OH is 1. The number of sulfonamides is 1. The number of benzene rings is 5. The van der Waals surface area contributed by atoms with Gasteiger partial charge >= 0.3 is 0 Å². The summed E-state index contributed by atoms with van der Waals surface area (Å²) in [7, 11) is -3.97. The normalized spacial score (nSPS) is 18.8. The SMILES string of the molecule is Cc1ccc(S(=O)(=O)NC(Cc2ccccc2)C(=O)NCc2ccc(C3OC(CSc4ccccn4)C(c4ccccc4)C(c4ccc(CO)cc4)O3)cc2)cc1. The molecule has 5 atom stereocenters. The number of nitrogens with one attached hydrogen (secondary N) is 2. The summed E-state index contributed by atoms with van der Waals surface area (Å²) in [6, 6.07) is 46.5. The fraction of sp³-hybridized carbons (Fsp3) is 0.217. The maximum atomic E-state index is 13.7. The van der Waals surface area contributed by atoms with Gasteiger partial charge in [0.05, 0.1) is 28.7 Å². The van der Waals surface area contributed by atoms with Gasteiger partial charge in [-0.2, -0.15) is 4.72 Å². The van der Waals surface area contributed by atoms with Gasteiger partial charge in [0.15, 0.2) is 6.29 Å². The van der Waals surface area contributed by atoms with Gasteiger partial charge in [-0.25, -0.2) is 13.4 Å². The van der Waals surface area contributed by atoms with E-state index in [-0.39, 0.29) is 42.6 Å². The topological polar surface area (TPSA) is 127 Å². The second kappa shape index (κ2) is 18.9. The molecular formula is C46H45N3O6S2. The summed E-state index contributed by atoms with van der Waals surface area (Å²) in [6.07, 6.45) is 0.646. The van der Waals surface area contributed by atoms with E-state index in [0.717, 1.165) is 44.0 Å². The summed E-state index contributed by atoms with van der Waals surface area (Å²) in [5.74, 6) is 0.0528. The first-order valence-electron chi connectivity index (χ1n) is 18.8. The number of carbonyl (C=O) groups is 1. The van der Waals surface area contributed by atoms with Crippen LogP contribution in [0.3, 0.4) is 0 Å². The van der Waals surface area contributed by atoms with Crippen molar-refractivity contribution in [2.24, 2.45) is 0 Å². The van der Waals surface area contributed by atoms with Crippen LogP contribution in [-0.2, 0) is 43.9 Å². The summed E-state index contributed by atoms with van der Waals surface area (Å²) < 4.78 is 43.0. The smallest absolute Gasteiger partial charge is 0.241 e. The number of hydrogen-bond donors (Lipinski definition) is 3. The number of aromatic nitrogens is 1. The molecule has 6 aromatic rings. The van der Waals surface area contributed by atoms with Gasteiger partial charge < -0.3 is 19.9 Å². The first kappa shape index (κ1) is 40.1. The monoisotopic (exact) mass is 799 g/mol. The van der Waals surface area contributed by atoms with E-state index in [1.165, 1.54) is 12.1 Å². The molecule has 0 saturated carbocycles. The van der Waals surface area contributed by atoms with Crippen LogP contribution in [-0.4, -0.2) is 42.3 Å². The first-order valence-corrected chi connectivity index (χ1v) is 21.3. The van der Waals surface area contributed by atoms with Crippen LogP contribution in [0.5, 0.6) is 0 Å². The molecule has 7 rings (SSSR count). The van der Waals surface area contributed by atoms with Crippen molar-refractivity contribution in [2.45, 2.75) is 66.9 Å². The van der Waals surface area contributed by atoms with Crippen LogP contribution >= 0.6 is 11.8 Å². The molecule has 57 heavy (non-hydrogen) atoms. The molecule has 1 aromatic heterocycles. The van der Waals surface area contributed by atoms with E-state index in [1.54, 1.807) is 30.1 Å². The van der Waals surface area contributed by atoms with Crippen molar-refractivity contribution in [1.29, 1.82) is 0 Å². The molecule has 5 aromatic carbocycles. The Balaban J connectivity index is 1.10. The average Bonchev–Trinajstić information content (AvgIpc) is 3.25. The summed E-state index contributed by atoms with van der Waals surface area (Å²) in [6.45, 7) is 2.02. The van der Waals surface area contributed by atoms with Crippen molar-refractivity contribution in [3.8, 4) is 0 Å². The Morgan fingerprint density at radius 1 is 0.737 bits per heavy atom. The summed E-state index contributed by atoms with van der Waals surface area (Å²) in [4.78, 5) is 18.3. The van der Waals surface area contributed by atoms with Crippen LogP contribution < -0.4 is 10.0 Å². The standard InChI is InChI=1S/C46H45N3O6S2/c1-32-15-25-39(26-16-32)57(52,53)49-40(28-33-10-4-2-5-11-33)45(51)48-29-34-17-23-38(24-18-34)46-54-41(31-56-42-14-8-9-27-47-42)43(36-12-6-3-7-13-36)44(55-46)37-21-19-35(30-50)20-22-37/h2-27,40-41,43-44,46,49-50H,28-31H2,1H3,(H,48,51). The van der Waals surface area contributed by atoms with Gasteiger partial charge in [-0.1, -0.05) is 133 Å². The van der Waals surface area contributed by atoms with Gasteiger partial charge in [-0.05, 0) is 65.4 Å². The Hall–Kier alpha value is -5.14. The van der Waals surface area contributed by atoms with E-state index >= 15 is 0 Å². The molecule has 0 bridgehead atoms. The Bertz CT molecular complexity index is 2300. The van der Waals surface area contributed by atoms with Crippen LogP contribution in [0.1, 0.15) is 57.3 Å². The number of ether oxygens (including phenoxy) is 2. The van der Waals surface area contributed by atoms with E-state index in [0.29, 0.717) is 5.75 Å². The zero-order valence-electron chi connectivity index (χ0n) is 31.5. The third-order valence-corrected chi connectivity index (χ3v) is 12.5. The second-order valence-electron chi connectivity index (χ2n) is 14.0. The van der Waals surface area contributed by atoms with Gasteiger partial charge in [0.1, 0.15) is 6.04 Å². The maximum Gasteiger partial charge on any atom is 0.241 e. The number of carbonyl (C=O) groups excluding carboxylic acids is 1. The number of rotatable bonds is 15. The molecule has 11 heteroatoms. The summed E-state index contributed by atoms with van der Waals surface area (Å²) in [5, 5.41) is 13.6. The predicted molar refractivity (Wildman–Crippen MR) is 222 cm³/mol. The summed E-state index contributed by atoms with van der Waals surface area (Å²) in [5.41, 5.74) is 6.29. The fourth-order valence-corrected chi connectivity index (χ4v) is 8.99. The van der Waals surface area contributed by atoms with E-state index in [9.17, 15) is 18.3 Å². The Labute approximate surface area is 338 Å². The molecule has 1 aliphatic heterocycles. The van der Waals surface area contributed by atoms with Crippen molar-refractivity contribution < 1.29 is 27.8 Å². The number of pyridine rings is 1. The lowest BCUT2D eigenvalue weighted by atomic mass is 9.84. The van der Waals surface area contributed by atoms with Crippen LogP contribution in [0.15, 0.2) is 168 Å². The predicted octanol–water partition coefficient (Wildman–Crippen LogP) is 7.82. The molecule has 0 radical (unpaired) electrons. The number of hydrogen-bond acceptors (Lipinski definition) is 8. The van der Waals surface area contributed by atoms with Gasteiger partial charge in [-0.15, -0.1) is 11.8 Å². The number of amides is 1. The van der Waals surface area contributed by atoms with Crippen LogP contribution in [0, 0.1) is 6.92 Å². The number of nitrogens with zero attached hydrogens (tertiary/aromatic N) is 1. The molecule has 1 fully saturated rings. The molecule has 2 heterocycles. The Morgan fingerprint density at radius 3 is 2.05 bits per heavy atom. The minimum Gasteiger partial charge on any atom is -0.392 e. The zero-order chi connectivity index (χ0) is 39.6. The lowest BCUT2D eigenvalue weighted by Gasteiger charge is -2.43. The average molecular weight is 800 g/mol. The Morgan fingerprint density at radius 2 is 1.39 bits per heavy atom. The van der Waals surface area contributed by atoms with E-state index < -0.39 is 28.3 Å². The van der Waals surface area contributed by atoms with E-state index in [1.807, 2.05) is 122 Å². The first-order chi connectivity index (χ1) is 27.8. The highest BCUT2D eigenvalue weighted by atomic mass is 32.2. The molecular weight excluding hydrogens is 755 g/mol. The maximum absolute atomic E-state index is 13.7.